The zero-order valence-corrected chi connectivity index (χ0v) is 19.5. The standard InChI is InChI=1S/C26H26N2O6/c1-5-12-33-19-11-10-18(14-20(19)32-4)23-22(24(29)17-8-6-15(2)7-9-17)25(30)26(31)28(23)21-13-16(3)34-27-21/h6-11,13-14,23,29H,5,12H2,1-4H3/t23-/m0/s1. The number of Topliss-reactive ketones (excluding diaryl/α,β-unsaturated/α-hetero) is 1. The van der Waals surface area contributed by atoms with Crippen LogP contribution in [0.4, 0.5) is 5.82 Å². The highest BCUT2D eigenvalue weighted by molar-refractivity contribution is 6.51. The third kappa shape index (κ3) is 4.14. The molecule has 0 aliphatic carbocycles. The normalized spacial score (nSPS) is 17.3. The number of aromatic nitrogens is 1. The molecule has 1 atom stereocenters. The highest BCUT2D eigenvalue weighted by atomic mass is 16.5. The third-order valence-electron chi connectivity index (χ3n) is 5.60. The van der Waals surface area contributed by atoms with Crippen molar-refractivity contribution in [3.63, 3.8) is 0 Å². The molecule has 1 fully saturated rings. The zero-order chi connectivity index (χ0) is 24.4. The summed E-state index contributed by atoms with van der Waals surface area (Å²) >= 11 is 0. The number of carbonyl (C=O) groups excluding carboxylic acids is 2. The minimum absolute atomic E-state index is 0.0428. The maximum absolute atomic E-state index is 13.2. The summed E-state index contributed by atoms with van der Waals surface area (Å²) in [6, 6.07) is 12.9. The maximum atomic E-state index is 13.2. The van der Waals surface area contributed by atoms with E-state index in [-0.39, 0.29) is 17.2 Å². The molecule has 0 saturated carbocycles. The van der Waals surface area contributed by atoms with Gasteiger partial charge in [-0.1, -0.05) is 48.0 Å². The number of hydrogen-bond acceptors (Lipinski definition) is 7. The smallest absolute Gasteiger partial charge is 0.301 e. The molecule has 1 amide bonds. The van der Waals surface area contributed by atoms with E-state index in [4.69, 9.17) is 14.0 Å². The largest absolute Gasteiger partial charge is 0.507 e. The number of carbonyl (C=O) groups is 2. The van der Waals surface area contributed by atoms with Gasteiger partial charge in [0.2, 0.25) is 0 Å². The van der Waals surface area contributed by atoms with E-state index in [9.17, 15) is 14.7 Å². The Morgan fingerprint density at radius 1 is 1.09 bits per heavy atom. The highest BCUT2D eigenvalue weighted by Crippen LogP contribution is 2.44. The summed E-state index contributed by atoms with van der Waals surface area (Å²) in [5, 5.41) is 15.1. The number of aliphatic hydroxyl groups excluding tert-OH is 1. The second-order valence-electron chi connectivity index (χ2n) is 8.09. The predicted octanol–water partition coefficient (Wildman–Crippen LogP) is 4.72. The Morgan fingerprint density at radius 3 is 2.44 bits per heavy atom. The van der Waals surface area contributed by atoms with Crippen LogP contribution in [0.5, 0.6) is 11.5 Å². The number of rotatable bonds is 7. The Morgan fingerprint density at radius 2 is 1.82 bits per heavy atom. The molecule has 34 heavy (non-hydrogen) atoms. The summed E-state index contributed by atoms with van der Waals surface area (Å²) in [7, 11) is 1.52. The summed E-state index contributed by atoms with van der Waals surface area (Å²) < 4.78 is 16.4. The molecular weight excluding hydrogens is 436 g/mol. The van der Waals surface area contributed by atoms with E-state index in [1.807, 2.05) is 26.0 Å². The van der Waals surface area contributed by atoms with Gasteiger partial charge in [0.1, 0.15) is 11.5 Å². The lowest BCUT2D eigenvalue weighted by atomic mass is 9.94. The molecule has 0 radical (unpaired) electrons. The van der Waals surface area contributed by atoms with E-state index in [1.165, 1.54) is 12.0 Å². The summed E-state index contributed by atoms with van der Waals surface area (Å²) in [6.45, 7) is 6.13. The van der Waals surface area contributed by atoms with Crippen LogP contribution < -0.4 is 14.4 Å². The fourth-order valence-electron chi connectivity index (χ4n) is 3.90. The van der Waals surface area contributed by atoms with Crippen molar-refractivity contribution in [1.29, 1.82) is 0 Å². The molecule has 0 spiro atoms. The molecule has 0 bridgehead atoms. The minimum atomic E-state index is -0.945. The van der Waals surface area contributed by atoms with Crippen molar-refractivity contribution in [2.24, 2.45) is 0 Å². The van der Waals surface area contributed by atoms with E-state index in [0.717, 1.165) is 12.0 Å². The first-order chi connectivity index (χ1) is 16.3. The van der Waals surface area contributed by atoms with Crippen LogP contribution in [-0.2, 0) is 9.59 Å². The van der Waals surface area contributed by atoms with E-state index >= 15 is 0 Å². The third-order valence-corrected chi connectivity index (χ3v) is 5.60. The molecule has 1 aromatic heterocycles. The fraction of sp³-hybridized carbons (Fsp3) is 0.269. The van der Waals surface area contributed by atoms with Crippen molar-refractivity contribution in [2.45, 2.75) is 33.2 Å². The first kappa shape index (κ1) is 23.1. The first-order valence-corrected chi connectivity index (χ1v) is 11.0. The molecule has 1 N–H and O–H groups in total. The lowest BCUT2D eigenvalue weighted by Gasteiger charge is -2.23. The van der Waals surface area contributed by atoms with Crippen molar-refractivity contribution >= 4 is 23.3 Å². The topological polar surface area (TPSA) is 102 Å². The lowest BCUT2D eigenvalue weighted by molar-refractivity contribution is -0.132. The number of methoxy groups -OCH3 is 1. The lowest BCUT2D eigenvalue weighted by Crippen LogP contribution is -2.29. The SMILES string of the molecule is CCCOc1ccc([C@H]2C(=C(O)c3ccc(C)cc3)C(=O)C(=O)N2c2cc(C)on2)cc1OC. The van der Waals surface area contributed by atoms with E-state index in [0.29, 0.717) is 35.0 Å². The Bertz CT molecular complexity index is 1260. The van der Waals surface area contributed by atoms with Gasteiger partial charge < -0.3 is 19.1 Å². The van der Waals surface area contributed by atoms with Crippen molar-refractivity contribution < 1.29 is 28.7 Å². The monoisotopic (exact) mass is 462 g/mol. The second kappa shape index (κ2) is 9.43. The maximum Gasteiger partial charge on any atom is 0.301 e. The molecule has 4 rings (SSSR count). The fourth-order valence-corrected chi connectivity index (χ4v) is 3.90. The molecule has 1 aliphatic heterocycles. The van der Waals surface area contributed by atoms with Gasteiger partial charge in [0, 0.05) is 11.6 Å². The number of aryl methyl sites for hydroxylation is 2. The molecule has 3 aromatic rings. The van der Waals surface area contributed by atoms with Gasteiger partial charge in [-0.15, -0.1) is 0 Å². The molecule has 0 unspecified atom stereocenters. The van der Waals surface area contributed by atoms with Crippen LogP contribution in [0.3, 0.4) is 0 Å². The van der Waals surface area contributed by atoms with Crippen molar-refractivity contribution in [2.75, 3.05) is 18.6 Å². The van der Waals surface area contributed by atoms with Crippen LogP contribution in [-0.4, -0.2) is 35.7 Å². The van der Waals surface area contributed by atoms with Crippen LogP contribution in [0, 0.1) is 13.8 Å². The second-order valence-corrected chi connectivity index (χ2v) is 8.09. The van der Waals surface area contributed by atoms with E-state index < -0.39 is 17.7 Å². The van der Waals surface area contributed by atoms with Crippen LogP contribution >= 0.6 is 0 Å². The molecule has 2 aromatic carbocycles. The Labute approximate surface area is 197 Å². The number of aliphatic hydroxyl groups is 1. The molecule has 2 heterocycles. The number of nitrogens with zero attached hydrogens (tertiary/aromatic N) is 2. The quantitative estimate of drug-likeness (QED) is 0.308. The number of ketones is 1. The van der Waals surface area contributed by atoms with Gasteiger partial charge in [-0.05, 0) is 38.0 Å². The summed E-state index contributed by atoms with van der Waals surface area (Å²) in [4.78, 5) is 27.6. The highest BCUT2D eigenvalue weighted by Gasteiger charge is 2.48. The van der Waals surface area contributed by atoms with E-state index in [2.05, 4.69) is 5.16 Å². The van der Waals surface area contributed by atoms with Gasteiger partial charge in [0.15, 0.2) is 17.3 Å². The molecule has 8 heteroatoms. The van der Waals surface area contributed by atoms with Gasteiger partial charge >= 0.3 is 5.91 Å². The van der Waals surface area contributed by atoms with Gasteiger partial charge in [0.05, 0.1) is 25.3 Å². The first-order valence-electron chi connectivity index (χ1n) is 11.0. The average molecular weight is 463 g/mol. The van der Waals surface area contributed by atoms with E-state index in [1.54, 1.807) is 43.3 Å². The van der Waals surface area contributed by atoms with Crippen LogP contribution in [0.2, 0.25) is 0 Å². The Balaban J connectivity index is 1.91. The number of amides is 1. The van der Waals surface area contributed by atoms with Gasteiger partial charge in [-0.3, -0.25) is 14.5 Å². The van der Waals surface area contributed by atoms with Crippen LogP contribution in [0.15, 0.2) is 58.6 Å². The average Bonchev–Trinajstić information content (AvgIpc) is 3.38. The Kier molecular flexibility index (Phi) is 6.40. The number of benzene rings is 2. The summed E-state index contributed by atoms with van der Waals surface area (Å²) in [6.07, 6.45) is 0.827. The van der Waals surface area contributed by atoms with Crippen molar-refractivity contribution in [3.05, 3.63) is 76.6 Å². The van der Waals surface area contributed by atoms with Crippen molar-refractivity contribution in [1.82, 2.24) is 5.16 Å². The molecule has 1 saturated heterocycles. The summed E-state index contributed by atoms with van der Waals surface area (Å²) in [5.41, 5.74) is 1.94. The Hall–Kier alpha value is -4.07. The zero-order valence-electron chi connectivity index (χ0n) is 19.5. The molecular formula is C26H26N2O6. The van der Waals surface area contributed by atoms with Gasteiger partial charge in [-0.25, -0.2) is 0 Å². The summed E-state index contributed by atoms with van der Waals surface area (Å²) in [5.74, 6) is -0.237. The molecule has 8 nitrogen and oxygen atoms in total. The molecule has 1 aliphatic rings. The van der Waals surface area contributed by atoms with Gasteiger partial charge in [0.25, 0.3) is 5.78 Å². The van der Waals surface area contributed by atoms with Crippen LogP contribution in [0.1, 0.15) is 41.8 Å². The van der Waals surface area contributed by atoms with Gasteiger partial charge in [-0.2, -0.15) is 0 Å². The van der Waals surface area contributed by atoms with Crippen molar-refractivity contribution in [3.8, 4) is 11.5 Å². The number of hydrogen-bond donors (Lipinski definition) is 1. The predicted molar refractivity (Wildman–Crippen MR) is 126 cm³/mol. The molecule has 176 valence electrons. The number of ether oxygens (including phenoxy) is 2. The minimum Gasteiger partial charge on any atom is -0.507 e. The number of anilines is 1. The van der Waals surface area contributed by atoms with Crippen LogP contribution in [0.25, 0.3) is 5.76 Å².